The number of rotatable bonds is 2. The number of piperidine rings is 1. The largest absolute Gasteiger partial charge is 0.378 e. The van der Waals surface area contributed by atoms with Gasteiger partial charge in [0.05, 0.1) is 6.04 Å². The lowest BCUT2D eigenvalue weighted by Crippen LogP contribution is -2.42. The summed E-state index contributed by atoms with van der Waals surface area (Å²) in [6.07, 6.45) is 4.66. The predicted molar refractivity (Wildman–Crippen MR) is 108 cm³/mol. The molecule has 4 nitrogen and oxygen atoms in total. The van der Waals surface area contributed by atoms with Crippen molar-refractivity contribution in [1.82, 2.24) is 10.2 Å². The molecule has 2 N–H and O–H groups in total. The normalized spacial score (nSPS) is 26.8. The molecule has 0 aromatic heterocycles. The Kier molecular flexibility index (Phi) is 4.36. The molecule has 0 bridgehead atoms. The maximum atomic E-state index is 12.9. The molecule has 27 heavy (non-hydrogen) atoms. The summed E-state index contributed by atoms with van der Waals surface area (Å²) in [6.45, 7) is 2.84. The molecule has 2 aromatic rings. The minimum atomic E-state index is 0.188. The molecule has 3 atom stereocenters. The lowest BCUT2D eigenvalue weighted by Gasteiger charge is -2.44. The van der Waals surface area contributed by atoms with Crippen LogP contribution in [-0.2, 0) is 0 Å². The first-order valence-electron chi connectivity index (χ1n) is 10.3. The Morgan fingerprint density at radius 3 is 2.59 bits per heavy atom. The third-order valence-electron chi connectivity index (χ3n) is 6.43. The van der Waals surface area contributed by atoms with E-state index in [1.54, 1.807) is 0 Å². The molecule has 0 aliphatic carbocycles. The van der Waals surface area contributed by atoms with Crippen molar-refractivity contribution in [3.63, 3.8) is 0 Å². The first-order chi connectivity index (χ1) is 13.3. The summed E-state index contributed by atoms with van der Waals surface area (Å²) < 4.78 is 0. The topological polar surface area (TPSA) is 44.4 Å². The van der Waals surface area contributed by atoms with Crippen molar-refractivity contribution in [2.45, 2.75) is 37.8 Å². The lowest BCUT2D eigenvalue weighted by atomic mass is 9.75. The zero-order valence-corrected chi connectivity index (χ0v) is 15.7. The summed E-state index contributed by atoms with van der Waals surface area (Å²) >= 11 is 0. The first kappa shape index (κ1) is 16.8. The molecule has 3 heterocycles. The highest BCUT2D eigenvalue weighted by atomic mass is 16.2. The van der Waals surface area contributed by atoms with Gasteiger partial charge < -0.3 is 15.5 Å². The summed E-state index contributed by atoms with van der Waals surface area (Å²) in [5.41, 5.74) is 4.61. The number of nitrogens with zero attached hydrogens (tertiary/aromatic N) is 1. The zero-order valence-electron chi connectivity index (χ0n) is 15.7. The number of amides is 1. The van der Waals surface area contributed by atoms with Gasteiger partial charge in [-0.15, -0.1) is 0 Å². The average molecular weight is 361 g/mol. The fraction of sp³-hybridized carbons (Fsp3) is 0.435. The summed E-state index contributed by atoms with van der Waals surface area (Å²) in [5.74, 6) is 0.693. The molecule has 3 aliphatic heterocycles. The van der Waals surface area contributed by atoms with Gasteiger partial charge in [-0.05, 0) is 61.6 Å². The Bertz CT molecular complexity index is 829. The van der Waals surface area contributed by atoms with Crippen molar-refractivity contribution < 1.29 is 4.79 Å². The minimum absolute atomic E-state index is 0.188. The third-order valence-corrected chi connectivity index (χ3v) is 6.43. The van der Waals surface area contributed by atoms with Crippen LogP contribution in [0.3, 0.4) is 0 Å². The molecule has 0 saturated carbocycles. The van der Waals surface area contributed by atoms with Crippen LogP contribution in [0.2, 0.25) is 0 Å². The van der Waals surface area contributed by atoms with Crippen molar-refractivity contribution in [2.24, 2.45) is 5.92 Å². The number of nitrogens with one attached hydrogen (secondary N) is 2. The van der Waals surface area contributed by atoms with Crippen molar-refractivity contribution in [2.75, 3.05) is 25.0 Å². The van der Waals surface area contributed by atoms with E-state index >= 15 is 0 Å². The van der Waals surface area contributed by atoms with Crippen molar-refractivity contribution in [3.8, 4) is 0 Å². The molecular formula is C23H27N3O. The van der Waals surface area contributed by atoms with Gasteiger partial charge in [-0.3, -0.25) is 4.79 Å². The van der Waals surface area contributed by atoms with Crippen LogP contribution >= 0.6 is 0 Å². The Balaban J connectivity index is 1.50. The third kappa shape index (κ3) is 3.02. The summed E-state index contributed by atoms with van der Waals surface area (Å²) in [6, 6.07) is 17.6. The highest BCUT2D eigenvalue weighted by Gasteiger charge is 2.39. The fourth-order valence-electron chi connectivity index (χ4n) is 5.07. The minimum Gasteiger partial charge on any atom is -0.378 e. The maximum Gasteiger partial charge on any atom is 0.253 e. The zero-order chi connectivity index (χ0) is 18.2. The summed E-state index contributed by atoms with van der Waals surface area (Å²) in [5, 5.41) is 7.53. The van der Waals surface area contributed by atoms with Crippen molar-refractivity contribution in [3.05, 3.63) is 65.2 Å². The van der Waals surface area contributed by atoms with Gasteiger partial charge in [0.1, 0.15) is 0 Å². The van der Waals surface area contributed by atoms with Gasteiger partial charge in [-0.25, -0.2) is 0 Å². The van der Waals surface area contributed by atoms with E-state index in [0.717, 1.165) is 43.7 Å². The molecule has 1 unspecified atom stereocenters. The van der Waals surface area contributed by atoms with Crippen molar-refractivity contribution >= 4 is 11.6 Å². The molecular weight excluding hydrogens is 334 g/mol. The number of likely N-dealkylation sites (tertiary alicyclic amines) is 1. The predicted octanol–water partition coefficient (Wildman–Crippen LogP) is 4.13. The van der Waals surface area contributed by atoms with Crippen molar-refractivity contribution in [1.29, 1.82) is 0 Å². The van der Waals surface area contributed by atoms with E-state index in [0.29, 0.717) is 18.0 Å². The molecule has 4 heteroatoms. The van der Waals surface area contributed by atoms with Gasteiger partial charge in [0, 0.05) is 36.3 Å². The molecule has 3 aliphatic rings. The van der Waals surface area contributed by atoms with Crippen LogP contribution in [-0.4, -0.2) is 30.4 Å². The van der Waals surface area contributed by atoms with E-state index in [1.165, 1.54) is 24.0 Å². The van der Waals surface area contributed by atoms with Crippen LogP contribution in [0.1, 0.15) is 59.3 Å². The monoisotopic (exact) mass is 361 g/mol. The highest BCUT2D eigenvalue weighted by molar-refractivity contribution is 5.95. The molecule has 0 spiro atoms. The molecule has 2 aromatic carbocycles. The van der Waals surface area contributed by atoms with Crippen LogP contribution in [0.15, 0.2) is 48.5 Å². The van der Waals surface area contributed by atoms with Gasteiger partial charge in [0.2, 0.25) is 0 Å². The Morgan fingerprint density at radius 2 is 1.78 bits per heavy atom. The molecule has 2 saturated heterocycles. The second-order valence-corrected chi connectivity index (χ2v) is 8.07. The molecule has 0 radical (unpaired) electrons. The van der Waals surface area contributed by atoms with E-state index in [4.69, 9.17) is 0 Å². The SMILES string of the molecule is O=C(c1ccc2c(c1)[C@H]1NCCC[C@H]1C(c1ccccc1)N2)N1CCCC1. The van der Waals surface area contributed by atoms with E-state index in [9.17, 15) is 4.79 Å². The molecule has 5 rings (SSSR count). The number of carbonyl (C=O) groups excluding carboxylic acids is 1. The number of carbonyl (C=O) groups is 1. The van der Waals surface area contributed by atoms with Crippen LogP contribution in [0.5, 0.6) is 0 Å². The van der Waals surface area contributed by atoms with Crippen LogP contribution in [0, 0.1) is 5.92 Å². The van der Waals surface area contributed by atoms with Gasteiger partial charge in [-0.2, -0.15) is 0 Å². The molecule has 1 amide bonds. The van der Waals surface area contributed by atoms with E-state index in [-0.39, 0.29) is 5.91 Å². The summed E-state index contributed by atoms with van der Waals surface area (Å²) in [7, 11) is 0. The van der Waals surface area contributed by atoms with E-state index < -0.39 is 0 Å². The molecule has 140 valence electrons. The fourth-order valence-corrected chi connectivity index (χ4v) is 5.07. The Hall–Kier alpha value is -2.33. The summed E-state index contributed by atoms with van der Waals surface area (Å²) in [4.78, 5) is 14.9. The quantitative estimate of drug-likeness (QED) is 0.845. The van der Waals surface area contributed by atoms with Crippen LogP contribution < -0.4 is 10.6 Å². The van der Waals surface area contributed by atoms with Crippen LogP contribution in [0.25, 0.3) is 0 Å². The maximum absolute atomic E-state index is 12.9. The lowest BCUT2D eigenvalue weighted by molar-refractivity contribution is 0.0792. The average Bonchev–Trinajstić information content (AvgIpc) is 3.28. The smallest absolute Gasteiger partial charge is 0.253 e. The number of fused-ring (bicyclic) bond motifs is 3. The van der Waals surface area contributed by atoms with E-state index in [1.807, 2.05) is 11.0 Å². The van der Waals surface area contributed by atoms with E-state index in [2.05, 4.69) is 53.1 Å². The van der Waals surface area contributed by atoms with Gasteiger partial charge >= 0.3 is 0 Å². The highest BCUT2D eigenvalue weighted by Crippen LogP contribution is 2.47. The first-order valence-corrected chi connectivity index (χ1v) is 10.3. The standard InChI is InChI=1S/C23H27N3O/c27-23(26-13-4-5-14-26)17-10-11-20-19(15-17)22-18(9-6-12-24-22)21(25-20)16-7-2-1-3-8-16/h1-3,7-8,10-11,15,18,21-22,24-25H,4-6,9,12-14H2/t18-,21?,22-/m0/s1. The van der Waals surface area contributed by atoms with Gasteiger partial charge in [-0.1, -0.05) is 30.3 Å². The number of anilines is 1. The Labute approximate surface area is 161 Å². The van der Waals surface area contributed by atoms with Crippen LogP contribution in [0.4, 0.5) is 5.69 Å². The second-order valence-electron chi connectivity index (χ2n) is 8.07. The number of benzene rings is 2. The number of hydrogen-bond acceptors (Lipinski definition) is 3. The molecule has 2 fully saturated rings. The Morgan fingerprint density at radius 1 is 0.963 bits per heavy atom. The van der Waals surface area contributed by atoms with Gasteiger partial charge in [0.15, 0.2) is 0 Å². The van der Waals surface area contributed by atoms with Gasteiger partial charge in [0.25, 0.3) is 5.91 Å². The number of hydrogen-bond donors (Lipinski definition) is 2. The second kappa shape index (κ2) is 7.01.